The molecule has 0 unspecified atom stereocenters. The lowest BCUT2D eigenvalue weighted by molar-refractivity contribution is 0.602. The number of hydrogen-bond donors (Lipinski definition) is 0. The van der Waals surface area contributed by atoms with Crippen LogP contribution < -0.4 is 0 Å². The molecule has 2 aromatic rings. The van der Waals surface area contributed by atoms with Crippen LogP contribution in [-0.4, -0.2) is 14.7 Å². The van der Waals surface area contributed by atoms with Crippen LogP contribution in [0.1, 0.15) is 11.1 Å². The molecule has 0 aliphatic rings. The van der Waals surface area contributed by atoms with Crippen molar-refractivity contribution in [1.29, 1.82) is 5.26 Å². The SMILES string of the molecule is Cc1cc(-c2ccc(S(C)(=O)=O)cc2)ccc1C#N. The average Bonchev–Trinajstić information content (AvgIpc) is 2.38. The van der Waals surface area contributed by atoms with Crippen LogP contribution in [0.25, 0.3) is 11.1 Å². The van der Waals surface area contributed by atoms with Gasteiger partial charge in [-0.15, -0.1) is 0 Å². The van der Waals surface area contributed by atoms with Crippen LogP contribution >= 0.6 is 0 Å². The van der Waals surface area contributed by atoms with Crippen molar-refractivity contribution in [3.63, 3.8) is 0 Å². The van der Waals surface area contributed by atoms with Gasteiger partial charge in [0, 0.05) is 6.26 Å². The van der Waals surface area contributed by atoms with Crippen LogP contribution in [0.2, 0.25) is 0 Å². The highest BCUT2D eigenvalue weighted by Crippen LogP contribution is 2.23. The molecule has 0 amide bonds. The maximum Gasteiger partial charge on any atom is 0.175 e. The zero-order valence-corrected chi connectivity index (χ0v) is 11.5. The largest absolute Gasteiger partial charge is 0.224 e. The molecule has 0 N–H and O–H groups in total. The summed E-state index contributed by atoms with van der Waals surface area (Å²) in [5, 5.41) is 8.89. The Labute approximate surface area is 113 Å². The number of aryl methyl sites for hydroxylation is 1. The van der Waals surface area contributed by atoms with E-state index in [9.17, 15) is 8.42 Å². The van der Waals surface area contributed by atoms with Crippen LogP contribution in [0.15, 0.2) is 47.4 Å². The predicted molar refractivity (Wildman–Crippen MR) is 74.4 cm³/mol. The summed E-state index contributed by atoms with van der Waals surface area (Å²) < 4.78 is 22.8. The molecule has 0 radical (unpaired) electrons. The maximum absolute atomic E-state index is 11.4. The van der Waals surface area contributed by atoms with Gasteiger partial charge in [0.15, 0.2) is 9.84 Å². The van der Waals surface area contributed by atoms with Crippen molar-refractivity contribution < 1.29 is 8.42 Å². The normalized spacial score (nSPS) is 11.0. The highest BCUT2D eigenvalue weighted by atomic mass is 32.2. The molecule has 0 aliphatic carbocycles. The van der Waals surface area contributed by atoms with Gasteiger partial charge in [-0.2, -0.15) is 5.26 Å². The van der Waals surface area contributed by atoms with Crippen molar-refractivity contribution in [2.24, 2.45) is 0 Å². The Bertz CT molecular complexity index is 754. The van der Waals surface area contributed by atoms with E-state index in [0.29, 0.717) is 10.5 Å². The molecule has 4 heteroatoms. The molecular formula is C15H13NO2S. The molecule has 0 heterocycles. The molecule has 0 aromatic heterocycles. The fourth-order valence-electron chi connectivity index (χ4n) is 1.86. The summed E-state index contributed by atoms with van der Waals surface area (Å²) in [6, 6.07) is 14.4. The number of nitriles is 1. The van der Waals surface area contributed by atoms with Gasteiger partial charge in [0.2, 0.25) is 0 Å². The molecule has 0 spiro atoms. The predicted octanol–water partition coefficient (Wildman–Crippen LogP) is 2.94. The summed E-state index contributed by atoms with van der Waals surface area (Å²) in [6.45, 7) is 1.88. The fourth-order valence-corrected chi connectivity index (χ4v) is 2.49. The van der Waals surface area contributed by atoms with Crippen molar-refractivity contribution >= 4 is 9.84 Å². The summed E-state index contributed by atoms with van der Waals surface area (Å²) in [5.41, 5.74) is 3.46. The van der Waals surface area contributed by atoms with E-state index in [-0.39, 0.29) is 0 Å². The standard InChI is InChI=1S/C15H13NO2S/c1-11-9-13(3-4-14(11)10-16)12-5-7-15(8-6-12)19(2,17)18/h3-9H,1-2H3. The molecule has 0 fully saturated rings. The molecule has 2 aromatic carbocycles. The quantitative estimate of drug-likeness (QED) is 0.843. The highest BCUT2D eigenvalue weighted by Gasteiger charge is 2.07. The number of hydrogen-bond acceptors (Lipinski definition) is 3. The van der Waals surface area contributed by atoms with Crippen LogP contribution in [0, 0.1) is 18.3 Å². The van der Waals surface area contributed by atoms with E-state index in [1.165, 1.54) is 6.26 Å². The van der Waals surface area contributed by atoms with Gasteiger partial charge in [0.1, 0.15) is 0 Å². The van der Waals surface area contributed by atoms with Gasteiger partial charge in [-0.3, -0.25) is 0 Å². The van der Waals surface area contributed by atoms with E-state index in [2.05, 4.69) is 6.07 Å². The fraction of sp³-hybridized carbons (Fsp3) is 0.133. The Morgan fingerprint density at radius 1 is 1.00 bits per heavy atom. The third-order valence-electron chi connectivity index (χ3n) is 2.96. The first-order chi connectivity index (χ1) is 8.91. The zero-order chi connectivity index (χ0) is 14.0. The van der Waals surface area contributed by atoms with Crippen LogP contribution in [0.3, 0.4) is 0 Å². The summed E-state index contributed by atoms with van der Waals surface area (Å²) in [4.78, 5) is 0.307. The molecule has 0 saturated carbocycles. The summed E-state index contributed by atoms with van der Waals surface area (Å²) in [6.07, 6.45) is 1.19. The van der Waals surface area contributed by atoms with Gasteiger partial charge >= 0.3 is 0 Å². The third kappa shape index (κ3) is 2.83. The Hall–Kier alpha value is -2.12. The smallest absolute Gasteiger partial charge is 0.175 e. The van der Waals surface area contributed by atoms with E-state index in [1.54, 1.807) is 30.3 Å². The topological polar surface area (TPSA) is 57.9 Å². The summed E-state index contributed by atoms with van der Waals surface area (Å²) in [5.74, 6) is 0. The van der Waals surface area contributed by atoms with E-state index in [0.717, 1.165) is 16.7 Å². The Morgan fingerprint density at radius 2 is 1.58 bits per heavy atom. The number of rotatable bonds is 2. The van der Waals surface area contributed by atoms with E-state index >= 15 is 0 Å². The van der Waals surface area contributed by atoms with Gasteiger partial charge in [-0.05, 0) is 41.8 Å². The zero-order valence-electron chi connectivity index (χ0n) is 10.7. The lowest BCUT2D eigenvalue weighted by Crippen LogP contribution is -1.96. The Balaban J connectivity index is 2.44. The van der Waals surface area contributed by atoms with Crippen molar-refractivity contribution in [1.82, 2.24) is 0 Å². The minimum absolute atomic E-state index is 0.307. The molecule has 0 atom stereocenters. The summed E-state index contributed by atoms with van der Waals surface area (Å²) >= 11 is 0. The first-order valence-corrected chi connectivity index (χ1v) is 7.62. The molecule has 2 rings (SSSR count). The molecule has 19 heavy (non-hydrogen) atoms. The minimum Gasteiger partial charge on any atom is -0.224 e. The van der Waals surface area contributed by atoms with E-state index in [4.69, 9.17) is 5.26 Å². The lowest BCUT2D eigenvalue weighted by Gasteiger charge is -2.05. The molecule has 96 valence electrons. The minimum atomic E-state index is -3.16. The third-order valence-corrected chi connectivity index (χ3v) is 4.09. The van der Waals surface area contributed by atoms with E-state index in [1.807, 2.05) is 19.1 Å². The second kappa shape index (κ2) is 4.87. The van der Waals surface area contributed by atoms with Crippen molar-refractivity contribution in [2.75, 3.05) is 6.26 Å². The highest BCUT2D eigenvalue weighted by molar-refractivity contribution is 7.90. The number of benzene rings is 2. The van der Waals surface area contributed by atoms with Crippen LogP contribution in [-0.2, 0) is 9.84 Å². The van der Waals surface area contributed by atoms with Crippen molar-refractivity contribution in [3.8, 4) is 17.2 Å². The van der Waals surface area contributed by atoms with Crippen LogP contribution in [0.5, 0.6) is 0 Å². The van der Waals surface area contributed by atoms with Gasteiger partial charge in [0.05, 0.1) is 16.5 Å². The monoisotopic (exact) mass is 271 g/mol. The molecular weight excluding hydrogens is 258 g/mol. The Kier molecular flexibility index (Phi) is 3.41. The number of nitrogens with zero attached hydrogens (tertiary/aromatic N) is 1. The van der Waals surface area contributed by atoms with Crippen molar-refractivity contribution in [2.45, 2.75) is 11.8 Å². The van der Waals surface area contributed by atoms with Crippen molar-refractivity contribution in [3.05, 3.63) is 53.6 Å². The number of sulfone groups is 1. The molecule has 0 saturated heterocycles. The van der Waals surface area contributed by atoms with Gasteiger partial charge in [-0.1, -0.05) is 24.3 Å². The molecule has 0 aliphatic heterocycles. The average molecular weight is 271 g/mol. The first-order valence-electron chi connectivity index (χ1n) is 5.73. The second-order valence-corrected chi connectivity index (χ2v) is 6.45. The van der Waals surface area contributed by atoms with Gasteiger partial charge in [0.25, 0.3) is 0 Å². The second-order valence-electron chi connectivity index (χ2n) is 4.44. The first kappa shape index (κ1) is 13.3. The van der Waals surface area contributed by atoms with Crippen LogP contribution in [0.4, 0.5) is 0 Å². The lowest BCUT2D eigenvalue weighted by atomic mass is 10.0. The van der Waals surface area contributed by atoms with E-state index < -0.39 is 9.84 Å². The molecule has 3 nitrogen and oxygen atoms in total. The van der Waals surface area contributed by atoms with Gasteiger partial charge < -0.3 is 0 Å². The molecule has 0 bridgehead atoms. The Morgan fingerprint density at radius 3 is 2.05 bits per heavy atom. The summed E-state index contributed by atoms with van der Waals surface area (Å²) in [7, 11) is -3.16. The van der Waals surface area contributed by atoms with Gasteiger partial charge in [-0.25, -0.2) is 8.42 Å². The maximum atomic E-state index is 11.4.